The van der Waals surface area contributed by atoms with Gasteiger partial charge in [-0.2, -0.15) is 20.1 Å². The highest BCUT2D eigenvalue weighted by molar-refractivity contribution is 5.38. The van der Waals surface area contributed by atoms with Crippen LogP contribution in [0.15, 0.2) is 18.5 Å². The molecule has 1 saturated carbocycles. The summed E-state index contributed by atoms with van der Waals surface area (Å²) in [7, 11) is 0. The molecule has 0 radical (unpaired) electrons. The van der Waals surface area contributed by atoms with E-state index < -0.39 is 0 Å². The highest BCUT2D eigenvalue weighted by Gasteiger charge is 2.28. The summed E-state index contributed by atoms with van der Waals surface area (Å²) in [5.41, 5.74) is 0. The molecule has 2 aromatic heterocycles. The predicted molar refractivity (Wildman–Crippen MR) is 76.9 cm³/mol. The molecule has 3 rings (SSSR count). The van der Waals surface area contributed by atoms with E-state index in [4.69, 9.17) is 0 Å². The molecule has 0 aromatic carbocycles. The Kier molecular flexibility index (Phi) is 3.49. The van der Waals surface area contributed by atoms with E-state index >= 15 is 0 Å². The number of nitrogens with one attached hydrogen (secondary N) is 2. The summed E-state index contributed by atoms with van der Waals surface area (Å²) in [5, 5.41) is 10.7. The fourth-order valence-electron chi connectivity index (χ4n) is 2.07. The van der Waals surface area contributed by atoms with Crippen molar-refractivity contribution in [1.29, 1.82) is 0 Å². The van der Waals surface area contributed by atoms with Crippen molar-refractivity contribution >= 4 is 11.9 Å². The summed E-state index contributed by atoms with van der Waals surface area (Å²) in [6.45, 7) is 4.94. The Morgan fingerprint density at radius 1 is 1.30 bits per heavy atom. The molecule has 0 amide bonds. The van der Waals surface area contributed by atoms with Gasteiger partial charge in [-0.05, 0) is 38.7 Å². The van der Waals surface area contributed by atoms with Crippen LogP contribution in [0.4, 0.5) is 11.9 Å². The van der Waals surface area contributed by atoms with Crippen molar-refractivity contribution in [3.8, 4) is 5.95 Å². The zero-order chi connectivity index (χ0) is 13.9. The zero-order valence-corrected chi connectivity index (χ0v) is 11.7. The van der Waals surface area contributed by atoms with Gasteiger partial charge in [0.1, 0.15) is 0 Å². The molecule has 1 unspecified atom stereocenters. The highest BCUT2D eigenvalue weighted by Crippen LogP contribution is 2.33. The van der Waals surface area contributed by atoms with Gasteiger partial charge < -0.3 is 10.6 Å². The molecular weight excluding hydrogens is 254 g/mol. The Morgan fingerprint density at radius 2 is 2.10 bits per heavy atom. The normalized spacial score (nSPS) is 15.9. The van der Waals surface area contributed by atoms with Crippen molar-refractivity contribution in [2.24, 2.45) is 5.92 Å². The molecule has 0 bridgehead atoms. The average Bonchev–Trinajstić information content (AvgIpc) is 3.14. The molecular formula is C13H19N7. The van der Waals surface area contributed by atoms with Crippen molar-refractivity contribution in [3.63, 3.8) is 0 Å². The van der Waals surface area contributed by atoms with Gasteiger partial charge in [0, 0.05) is 25.0 Å². The van der Waals surface area contributed by atoms with Crippen LogP contribution in [-0.2, 0) is 0 Å². The van der Waals surface area contributed by atoms with Crippen molar-refractivity contribution in [2.45, 2.75) is 32.7 Å². The molecule has 0 saturated heterocycles. The molecule has 7 nitrogen and oxygen atoms in total. The molecule has 0 aliphatic heterocycles. The van der Waals surface area contributed by atoms with Crippen LogP contribution in [0.2, 0.25) is 0 Å². The molecule has 7 heteroatoms. The Labute approximate surface area is 117 Å². The molecule has 0 spiro atoms. The van der Waals surface area contributed by atoms with E-state index in [2.05, 4.69) is 37.6 Å². The summed E-state index contributed by atoms with van der Waals surface area (Å²) in [6.07, 6.45) is 6.09. The molecule has 2 heterocycles. The smallest absolute Gasteiger partial charge is 0.257 e. The van der Waals surface area contributed by atoms with Crippen molar-refractivity contribution < 1.29 is 0 Å². The Hall–Kier alpha value is -2.18. The van der Waals surface area contributed by atoms with Crippen molar-refractivity contribution in [1.82, 2.24) is 24.7 Å². The number of anilines is 2. The number of hydrogen-bond acceptors (Lipinski definition) is 6. The molecule has 1 aliphatic carbocycles. The standard InChI is InChI=1S/C13H19N7/c1-3-14-11-17-12(16-9(2)10-5-6-10)19-13(18-11)20-8-4-7-15-20/h4,7-10H,3,5-6H2,1-2H3,(H2,14,16,17,18,19). The predicted octanol–water partition coefficient (Wildman–Crippen LogP) is 1.70. The van der Waals surface area contributed by atoms with E-state index in [9.17, 15) is 0 Å². The minimum absolute atomic E-state index is 0.386. The highest BCUT2D eigenvalue weighted by atomic mass is 15.4. The Bertz CT molecular complexity index is 562. The van der Waals surface area contributed by atoms with Crippen LogP contribution in [0.3, 0.4) is 0 Å². The van der Waals surface area contributed by atoms with Crippen LogP contribution in [0.1, 0.15) is 26.7 Å². The van der Waals surface area contributed by atoms with E-state index in [1.807, 2.05) is 19.2 Å². The summed E-state index contributed by atoms with van der Waals surface area (Å²) in [5.74, 6) is 2.42. The topological polar surface area (TPSA) is 80.5 Å². The lowest BCUT2D eigenvalue weighted by Crippen LogP contribution is -2.21. The fraction of sp³-hybridized carbons (Fsp3) is 0.538. The van der Waals surface area contributed by atoms with Crippen LogP contribution in [0.25, 0.3) is 5.95 Å². The first-order chi connectivity index (χ1) is 9.76. The van der Waals surface area contributed by atoms with Gasteiger partial charge in [-0.15, -0.1) is 0 Å². The summed E-state index contributed by atoms with van der Waals surface area (Å²) >= 11 is 0. The molecule has 106 valence electrons. The summed E-state index contributed by atoms with van der Waals surface area (Å²) in [4.78, 5) is 13.2. The van der Waals surface area contributed by atoms with E-state index in [0.29, 0.717) is 23.9 Å². The second kappa shape index (κ2) is 5.44. The van der Waals surface area contributed by atoms with Gasteiger partial charge in [0.2, 0.25) is 11.9 Å². The van der Waals surface area contributed by atoms with Crippen molar-refractivity contribution in [2.75, 3.05) is 17.2 Å². The fourth-order valence-corrected chi connectivity index (χ4v) is 2.07. The van der Waals surface area contributed by atoms with Crippen LogP contribution >= 0.6 is 0 Å². The quantitative estimate of drug-likeness (QED) is 0.834. The third kappa shape index (κ3) is 2.87. The third-order valence-corrected chi connectivity index (χ3v) is 3.35. The van der Waals surface area contributed by atoms with Gasteiger partial charge in [-0.3, -0.25) is 0 Å². The van der Waals surface area contributed by atoms with E-state index in [1.54, 1.807) is 10.9 Å². The van der Waals surface area contributed by atoms with Crippen LogP contribution in [0.5, 0.6) is 0 Å². The molecule has 1 aliphatic rings. The van der Waals surface area contributed by atoms with Gasteiger partial charge in [0.25, 0.3) is 5.95 Å². The first kappa shape index (κ1) is 12.8. The lowest BCUT2D eigenvalue weighted by atomic mass is 10.2. The number of aromatic nitrogens is 5. The Balaban J connectivity index is 1.87. The monoisotopic (exact) mass is 273 g/mol. The van der Waals surface area contributed by atoms with Crippen LogP contribution in [0, 0.1) is 5.92 Å². The second-order valence-electron chi connectivity index (χ2n) is 5.03. The van der Waals surface area contributed by atoms with Crippen molar-refractivity contribution in [3.05, 3.63) is 18.5 Å². The molecule has 2 aromatic rings. The lowest BCUT2D eigenvalue weighted by Gasteiger charge is -2.14. The zero-order valence-electron chi connectivity index (χ0n) is 11.7. The van der Waals surface area contributed by atoms with E-state index in [1.165, 1.54) is 12.8 Å². The van der Waals surface area contributed by atoms with Gasteiger partial charge in [0.15, 0.2) is 0 Å². The van der Waals surface area contributed by atoms with E-state index in [-0.39, 0.29) is 0 Å². The van der Waals surface area contributed by atoms with Gasteiger partial charge in [-0.1, -0.05) is 0 Å². The maximum absolute atomic E-state index is 4.44. The van der Waals surface area contributed by atoms with Crippen LogP contribution < -0.4 is 10.6 Å². The van der Waals surface area contributed by atoms with Gasteiger partial charge in [-0.25, -0.2) is 4.68 Å². The number of hydrogen-bond donors (Lipinski definition) is 2. The second-order valence-corrected chi connectivity index (χ2v) is 5.03. The number of nitrogens with zero attached hydrogens (tertiary/aromatic N) is 5. The lowest BCUT2D eigenvalue weighted by molar-refractivity contribution is 0.682. The maximum atomic E-state index is 4.44. The van der Waals surface area contributed by atoms with Gasteiger partial charge in [0.05, 0.1) is 0 Å². The largest absolute Gasteiger partial charge is 0.354 e. The minimum atomic E-state index is 0.386. The maximum Gasteiger partial charge on any atom is 0.257 e. The van der Waals surface area contributed by atoms with E-state index in [0.717, 1.165) is 12.5 Å². The summed E-state index contributed by atoms with van der Waals surface area (Å²) in [6, 6.07) is 2.23. The molecule has 1 fully saturated rings. The van der Waals surface area contributed by atoms with Gasteiger partial charge >= 0.3 is 0 Å². The number of rotatable bonds is 6. The van der Waals surface area contributed by atoms with Crippen LogP contribution in [-0.4, -0.2) is 37.3 Å². The average molecular weight is 273 g/mol. The molecule has 20 heavy (non-hydrogen) atoms. The molecule has 2 N–H and O–H groups in total. The summed E-state index contributed by atoms with van der Waals surface area (Å²) < 4.78 is 1.63. The third-order valence-electron chi connectivity index (χ3n) is 3.35. The SMILES string of the molecule is CCNc1nc(NC(C)C2CC2)nc(-n2cccn2)n1. The first-order valence-corrected chi connectivity index (χ1v) is 7.02. The first-order valence-electron chi connectivity index (χ1n) is 7.02. The Morgan fingerprint density at radius 3 is 2.75 bits per heavy atom. The minimum Gasteiger partial charge on any atom is -0.354 e. The molecule has 1 atom stereocenters.